The molecule has 1 aliphatic carbocycles. The van der Waals surface area contributed by atoms with Crippen molar-refractivity contribution in [3.63, 3.8) is 0 Å². The number of piperidine rings is 1. The summed E-state index contributed by atoms with van der Waals surface area (Å²) in [5.74, 6) is 0.341. The second-order valence-electron chi connectivity index (χ2n) is 8.64. The summed E-state index contributed by atoms with van der Waals surface area (Å²) >= 11 is 0. The maximum absolute atomic E-state index is 12.6. The minimum Gasteiger partial charge on any atom is -0.426 e. The van der Waals surface area contributed by atoms with Crippen LogP contribution in [0.4, 0.5) is 31.1 Å². The van der Waals surface area contributed by atoms with Crippen molar-refractivity contribution in [1.82, 2.24) is 9.80 Å². The number of carbonyl (C=O) groups excluding carboxylic acids is 1. The highest BCUT2D eigenvalue weighted by Gasteiger charge is 2.60. The largest absolute Gasteiger partial charge is 0.434 e. The first kappa shape index (κ1) is 27.3. The highest BCUT2D eigenvalue weighted by atomic mass is 19.4. The van der Waals surface area contributed by atoms with Gasteiger partial charge in [0.25, 0.3) is 6.10 Å². The number of alkyl halides is 6. The summed E-state index contributed by atoms with van der Waals surface area (Å²) in [6.07, 6.45) is -4.78. The molecule has 33 heavy (non-hydrogen) atoms. The summed E-state index contributed by atoms with van der Waals surface area (Å²) in [5, 5.41) is 0. The zero-order chi connectivity index (χ0) is 24.9. The average Bonchev–Trinajstić information content (AvgIpc) is 2.98. The van der Waals surface area contributed by atoms with Gasteiger partial charge in [0.05, 0.1) is 0 Å². The number of hydrogen-bond donors (Lipinski definition) is 0. The molecule has 0 bridgehead atoms. The lowest BCUT2D eigenvalue weighted by Crippen LogP contribution is -2.50. The van der Waals surface area contributed by atoms with Crippen molar-refractivity contribution in [2.45, 2.75) is 58.5 Å². The van der Waals surface area contributed by atoms with E-state index in [9.17, 15) is 31.1 Å². The van der Waals surface area contributed by atoms with Crippen LogP contribution in [0.5, 0.6) is 0 Å². The molecule has 0 saturated carbocycles. The Labute approximate surface area is 190 Å². The summed E-state index contributed by atoms with van der Waals surface area (Å²) in [6.45, 7) is 8.70. The molecule has 2 fully saturated rings. The van der Waals surface area contributed by atoms with E-state index in [4.69, 9.17) is 0 Å². The van der Waals surface area contributed by atoms with Gasteiger partial charge in [0, 0.05) is 26.2 Å². The molecule has 0 N–H and O–H groups in total. The van der Waals surface area contributed by atoms with Crippen molar-refractivity contribution >= 4 is 6.09 Å². The maximum Gasteiger partial charge on any atom is 0.434 e. The lowest BCUT2D eigenvalue weighted by atomic mass is 9.78. The van der Waals surface area contributed by atoms with Crippen molar-refractivity contribution in [2.75, 3.05) is 32.7 Å². The van der Waals surface area contributed by atoms with E-state index in [2.05, 4.69) is 34.8 Å². The number of allylic oxidation sites excluding steroid dienone is 4. The van der Waals surface area contributed by atoms with Gasteiger partial charge in [-0.25, -0.2) is 4.79 Å². The second kappa shape index (κ2) is 11.0. The first-order valence-corrected chi connectivity index (χ1v) is 11.2. The van der Waals surface area contributed by atoms with Crippen LogP contribution in [-0.4, -0.2) is 67.1 Å². The van der Waals surface area contributed by atoms with Crippen molar-refractivity contribution in [3.05, 3.63) is 36.0 Å². The molecule has 0 aromatic rings. The van der Waals surface area contributed by atoms with Gasteiger partial charge in [-0.1, -0.05) is 51.2 Å². The summed E-state index contributed by atoms with van der Waals surface area (Å²) in [5.41, 5.74) is 1.13. The highest BCUT2D eigenvalue weighted by Crippen LogP contribution is 2.41. The number of nitrogens with zero attached hydrogens (tertiary/aromatic N) is 2. The van der Waals surface area contributed by atoms with Gasteiger partial charge in [0.1, 0.15) is 0 Å². The van der Waals surface area contributed by atoms with E-state index in [1.807, 2.05) is 26.0 Å². The molecule has 1 amide bonds. The molecule has 0 radical (unpaired) electrons. The maximum atomic E-state index is 12.6. The SMILES string of the molecule is CC.CC1C=CC=CC(CN2CCC3(CCN(C(=O)OC(C(F)(F)F)C(F)(F)F)CC3)C2)=C1. The van der Waals surface area contributed by atoms with E-state index < -0.39 is 24.5 Å². The van der Waals surface area contributed by atoms with Gasteiger partial charge in [0.15, 0.2) is 0 Å². The van der Waals surface area contributed by atoms with Crippen LogP contribution in [0.2, 0.25) is 0 Å². The van der Waals surface area contributed by atoms with Crippen LogP contribution >= 0.6 is 0 Å². The minimum atomic E-state index is -5.70. The highest BCUT2D eigenvalue weighted by molar-refractivity contribution is 5.68. The summed E-state index contributed by atoms with van der Waals surface area (Å²) < 4.78 is 79.6. The molecule has 10 heteroatoms. The number of carbonyl (C=O) groups is 1. The Bertz CT molecular complexity index is 735. The molecule has 2 aliphatic heterocycles. The first-order valence-electron chi connectivity index (χ1n) is 11.2. The van der Waals surface area contributed by atoms with Gasteiger partial charge in [-0.15, -0.1) is 0 Å². The van der Waals surface area contributed by atoms with Crippen LogP contribution in [-0.2, 0) is 4.74 Å². The van der Waals surface area contributed by atoms with Crippen LogP contribution in [0.3, 0.4) is 0 Å². The van der Waals surface area contributed by atoms with Gasteiger partial charge in [-0.3, -0.25) is 4.90 Å². The van der Waals surface area contributed by atoms with Crippen molar-refractivity contribution in [2.24, 2.45) is 11.3 Å². The van der Waals surface area contributed by atoms with Crippen molar-refractivity contribution < 1.29 is 35.9 Å². The fourth-order valence-corrected chi connectivity index (χ4v) is 4.46. The van der Waals surface area contributed by atoms with E-state index >= 15 is 0 Å². The molecular weight excluding hydrogens is 450 g/mol. The Balaban J connectivity index is 0.00000187. The third-order valence-corrected chi connectivity index (χ3v) is 6.13. The number of rotatable bonds is 3. The predicted molar refractivity (Wildman–Crippen MR) is 114 cm³/mol. The Morgan fingerprint density at radius 1 is 1.06 bits per heavy atom. The number of likely N-dealkylation sites (tertiary alicyclic amines) is 2. The topological polar surface area (TPSA) is 32.8 Å². The molecule has 3 rings (SSSR count). The fourth-order valence-electron chi connectivity index (χ4n) is 4.46. The number of ether oxygens (including phenoxy) is 1. The third kappa shape index (κ3) is 7.52. The molecule has 1 atom stereocenters. The molecule has 3 aliphatic rings. The molecule has 0 aromatic carbocycles. The van der Waals surface area contributed by atoms with E-state index in [1.54, 1.807) is 0 Å². The molecule has 1 spiro atoms. The Kier molecular flexibility index (Phi) is 9.07. The number of amides is 1. The predicted octanol–water partition coefficient (Wildman–Crippen LogP) is 6.12. The molecular formula is C23H32F6N2O2. The van der Waals surface area contributed by atoms with Gasteiger partial charge in [-0.2, -0.15) is 26.3 Å². The Hall–Kier alpha value is -1.97. The second-order valence-corrected chi connectivity index (χ2v) is 8.64. The van der Waals surface area contributed by atoms with E-state index in [0.29, 0.717) is 18.8 Å². The third-order valence-electron chi connectivity index (χ3n) is 6.13. The van der Waals surface area contributed by atoms with E-state index in [1.165, 1.54) is 5.57 Å². The van der Waals surface area contributed by atoms with E-state index in [0.717, 1.165) is 31.0 Å². The summed E-state index contributed by atoms with van der Waals surface area (Å²) in [4.78, 5) is 15.2. The molecule has 0 aromatic heterocycles. The van der Waals surface area contributed by atoms with Crippen LogP contribution in [0.1, 0.15) is 40.0 Å². The van der Waals surface area contributed by atoms with Crippen molar-refractivity contribution in [1.29, 1.82) is 0 Å². The molecule has 2 saturated heterocycles. The smallest absolute Gasteiger partial charge is 0.426 e. The van der Waals surface area contributed by atoms with Gasteiger partial charge < -0.3 is 9.64 Å². The zero-order valence-electron chi connectivity index (χ0n) is 19.2. The number of halogens is 6. The van der Waals surface area contributed by atoms with Crippen LogP contribution in [0.15, 0.2) is 36.0 Å². The summed E-state index contributed by atoms with van der Waals surface area (Å²) in [7, 11) is 0. The van der Waals surface area contributed by atoms with Crippen molar-refractivity contribution in [3.8, 4) is 0 Å². The Morgan fingerprint density at radius 2 is 1.64 bits per heavy atom. The molecule has 4 nitrogen and oxygen atoms in total. The zero-order valence-corrected chi connectivity index (χ0v) is 19.2. The monoisotopic (exact) mass is 482 g/mol. The first-order chi connectivity index (χ1) is 15.4. The van der Waals surface area contributed by atoms with Crippen LogP contribution in [0.25, 0.3) is 0 Å². The molecule has 188 valence electrons. The number of hydrogen-bond acceptors (Lipinski definition) is 3. The Morgan fingerprint density at radius 3 is 2.21 bits per heavy atom. The lowest BCUT2D eigenvalue weighted by molar-refractivity contribution is -0.308. The normalized spacial score (nSPS) is 23.3. The minimum absolute atomic E-state index is 0.0803. The lowest BCUT2D eigenvalue weighted by Gasteiger charge is -2.39. The fraction of sp³-hybridized carbons (Fsp3) is 0.696. The van der Waals surface area contributed by atoms with Crippen LogP contribution < -0.4 is 0 Å². The molecule has 1 unspecified atom stereocenters. The molecule has 2 heterocycles. The van der Waals surface area contributed by atoms with Gasteiger partial charge >= 0.3 is 18.4 Å². The van der Waals surface area contributed by atoms with Gasteiger partial charge in [0.2, 0.25) is 0 Å². The average molecular weight is 483 g/mol. The quantitative estimate of drug-likeness (QED) is 0.455. The summed E-state index contributed by atoms with van der Waals surface area (Å²) in [6, 6.07) is 0. The standard InChI is InChI=1S/C21H26F6N2O2.C2H6/c1-15-4-2-3-5-16(12-15)13-28-9-6-19(14-28)7-10-29(11-8-19)18(30)31-17(20(22,23)24)21(25,26)27;1-2/h2-5,12,15,17H,6-11,13-14H2,1H3;1-2H3. The van der Waals surface area contributed by atoms with Crippen LogP contribution in [0, 0.1) is 11.3 Å². The van der Waals surface area contributed by atoms with E-state index in [-0.39, 0.29) is 18.5 Å². The van der Waals surface area contributed by atoms with Gasteiger partial charge in [-0.05, 0) is 42.7 Å².